The van der Waals surface area contributed by atoms with Crippen LogP contribution in [0, 0.1) is 0 Å². The topological polar surface area (TPSA) is 75.1 Å². The van der Waals surface area contributed by atoms with Crippen LogP contribution in [0.15, 0.2) is 59.5 Å². The molecule has 2 aromatic heterocycles. The zero-order valence-electron chi connectivity index (χ0n) is 16.0. The minimum Gasteiger partial charge on any atom is -0.378 e. The van der Waals surface area contributed by atoms with Gasteiger partial charge in [-0.1, -0.05) is 30.3 Å². The fourth-order valence-electron chi connectivity index (χ4n) is 3.63. The molecule has 0 aliphatic heterocycles. The molecule has 0 radical (unpaired) electrons. The Balaban J connectivity index is 1.91. The first kappa shape index (κ1) is 18.4. The van der Waals surface area contributed by atoms with Crippen LogP contribution in [-0.4, -0.2) is 33.9 Å². The monoisotopic (exact) mass is 376 g/mol. The predicted molar refractivity (Wildman–Crippen MR) is 112 cm³/mol. The molecule has 2 heterocycles. The third kappa shape index (κ3) is 3.21. The molecule has 6 nitrogen and oxygen atoms in total. The average Bonchev–Trinajstić information content (AvgIpc) is 3.11. The van der Waals surface area contributed by atoms with E-state index in [1.165, 1.54) is 0 Å². The van der Waals surface area contributed by atoms with Crippen molar-refractivity contribution >= 4 is 21.9 Å². The summed E-state index contributed by atoms with van der Waals surface area (Å²) in [5, 5.41) is 1.04. The van der Waals surface area contributed by atoms with Crippen LogP contribution in [-0.2, 0) is 17.8 Å². The number of ether oxygens (including phenoxy) is 1. The molecule has 28 heavy (non-hydrogen) atoms. The van der Waals surface area contributed by atoms with Gasteiger partial charge in [0.1, 0.15) is 5.69 Å². The van der Waals surface area contributed by atoms with Crippen LogP contribution >= 0.6 is 0 Å². The second-order valence-electron chi connectivity index (χ2n) is 6.65. The highest BCUT2D eigenvalue weighted by Crippen LogP contribution is 2.28. The molecule has 4 rings (SSSR count). The van der Waals surface area contributed by atoms with E-state index in [-0.39, 0.29) is 5.56 Å². The van der Waals surface area contributed by atoms with Crippen molar-refractivity contribution in [3.8, 4) is 11.3 Å². The normalized spacial score (nSPS) is 11.5. The Labute approximate surface area is 163 Å². The maximum Gasteiger partial charge on any atom is 0.277 e. The molecule has 144 valence electrons. The van der Waals surface area contributed by atoms with E-state index in [4.69, 9.17) is 15.5 Å². The van der Waals surface area contributed by atoms with Crippen LogP contribution in [0.5, 0.6) is 0 Å². The third-order valence-corrected chi connectivity index (χ3v) is 4.96. The van der Waals surface area contributed by atoms with Gasteiger partial charge >= 0.3 is 0 Å². The standard InChI is InChI=1S/C22H24N4O2/c1-2-25-15-17(16-7-3-5-9-19(16)25)21-22(27)26(12-14-28-13-11-23)20-10-6-4-8-18(20)24-21/h3-10,15H,2,11-14,23H2,1H3. The number of hydrogen-bond acceptors (Lipinski definition) is 4. The Morgan fingerprint density at radius 2 is 1.79 bits per heavy atom. The third-order valence-electron chi connectivity index (χ3n) is 4.96. The molecule has 0 aliphatic rings. The number of aromatic nitrogens is 3. The fourth-order valence-corrected chi connectivity index (χ4v) is 3.63. The Hall–Kier alpha value is -2.96. The van der Waals surface area contributed by atoms with Crippen LogP contribution in [0.3, 0.4) is 0 Å². The molecule has 0 spiro atoms. The number of nitrogens with two attached hydrogens (primary N) is 1. The quantitative estimate of drug-likeness (QED) is 0.503. The Morgan fingerprint density at radius 1 is 1.04 bits per heavy atom. The van der Waals surface area contributed by atoms with E-state index in [1.54, 1.807) is 4.57 Å². The van der Waals surface area contributed by atoms with Crippen LogP contribution in [0.25, 0.3) is 33.2 Å². The first-order chi connectivity index (χ1) is 13.7. The molecular formula is C22H24N4O2. The molecule has 0 saturated heterocycles. The van der Waals surface area contributed by atoms with Crippen molar-refractivity contribution in [2.24, 2.45) is 5.73 Å². The molecule has 0 bridgehead atoms. The summed E-state index contributed by atoms with van der Waals surface area (Å²) in [6.45, 7) is 4.76. The smallest absolute Gasteiger partial charge is 0.277 e. The molecule has 2 aromatic carbocycles. The number of hydrogen-bond donors (Lipinski definition) is 1. The Bertz CT molecular complexity index is 1180. The van der Waals surface area contributed by atoms with Gasteiger partial charge in [-0.25, -0.2) is 4.98 Å². The van der Waals surface area contributed by atoms with Gasteiger partial charge in [-0.2, -0.15) is 0 Å². The van der Waals surface area contributed by atoms with Gasteiger partial charge in [0.05, 0.1) is 24.2 Å². The summed E-state index contributed by atoms with van der Waals surface area (Å²) in [5.41, 5.74) is 9.44. The van der Waals surface area contributed by atoms with E-state index < -0.39 is 0 Å². The van der Waals surface area contributed by atoms with Crippen molar-refractivity contribution in [2.45, 2.75) is 20.0 Å². The van der Waals surface area contributed by atoms with Gasteiger partial charge in [0.2, 0.25) is 0 Å². The van der Waals surface area contributed by atoms with Crippen molar-refractivity contribution < 1.29 is 4.74 Å². The molecule has 0 amide bonds. The molecule has 0 atom stereocenters. The highest BCUT2D eigenvalue weighted by molar-refractivity contribution is 5.95. The number of fused-ring (bicyclic) bond motifs is 2. The van der Waals surface area contributed by atoms with Crippen LogP contribution in [0.4, 0.5) is 0 Å². The summed E-state index contributed by atoms with van der Waals surface area (Å²) < 4.78 is 9.42. The van der Waals surface area contributed by atoms with Gasteiger partial charge < -0.3 is 19.6 Å². The lowest BCUT2D eigenvalue weighted by Crippen LogP contribution is -2.26. The van der Waals surface area contributed by atoms with E-state index >= 15 is 0 Å². The van der Waals surface area contributed by atoms with E-state index in [9.17, 15) is 4.79 Å². The van der Waals surface area contributed by atoms with Gasteiger partial charge in [-0.05, 0) is 25.1 Å². The first-order valence-electron chi connectivity index (χ1n) is 9.60. The zero-order chi connectivity index (χ0) is 19.5. The summed E-state index contributed by atoms with van der Waals surface area (Å²) in [5.74, 6) is 0. The predicted octanol–water partition coefficient (Wildman–Crippen LogP) is 3.01. The number of para-hydroxylation sites is 3. The Morgan fingerprint density at radius 3 is 2.57 bits per heavy atom. The van der Waals surface area contributed by atoms with Gasteiger partial charge in [0.25, 0.3) is 5.56 Å². The largest absolute Gasteiger partial charge is 0.378 e. The van der Waals surface area contributed by atoms with E-state index in [0.717, 1.165) is 34.0 Å². The molecule has 0 saturated carbocycles. The van der Waals surface area contributed by atoms with Crippen molar-refractivity contribution in [1.82, 2.24) is 14.1 Å². The van der Waals surface area contributed by atoms with Crippen molar-refractivity contribution in [2.75, 3.05) is 19.8 Å². The average molecular weight is 376 g/mol. The first-order valence-corrected chi connectivity index (χ1v) is 9.60. The van der Waals surface area contributed by atoms with E-state index in [0.29, 0.717) is 32.0 Å². The molecule has 2 N–H and O–H groups in total. The van der Waals surface area contributed by atoms with E-state index in [2.05, 4.69) is 17.6 Å². The van der Waals surface area contributed by atoms with E-state index in [1.807, 2.05) is 48.7 Å². The van der Waals surface area contributed by atoms with Gasteiger partial charge in [-0.3, -0.25) is 4.79 Å². The molecule has 4 aromatic rings. The SMILES string of the molecule is CCn1cc(-c2nc3ccccc3n(CCOCCN)c2=O)c2ccccc21. The second-order valence-corrected chi connectivity index (χ2v) is 6.65. The highest BCUT2D eigenvalue weighted by atomic mass is 16.5. The molecule has 0 unspecified atom stereocenters. The van der Waals surface area contributed by atoms with Crippen LogP contribution < -0.4 is 11.3 Å². The number of benzene rings is 2. The molecular weight excluding hydrogens is 352 g/mol. The van der Waals surface area contributed by atoms with Gasteiger partial charge in [-0.15, -0.1) is 0 Å². The number of rotatable bonds is 7. The maximum atomic E-state index is 13.4. The summed E-state index contributed by atoms with van der Waals surface area (Å²) in [6, 6.07) is 15.8. The lowest BCUT2D eigenvalue weighted by Gasteiger charge is -2.12. The fraction of sp³-hybridized carbons (Fsp3) is 0.273. The zero-order valence-corrected chi connectivity index (χ0v) is 16.0. The Kier molecular flexibility index (Phi) is 5.23. The molecule has 0 aliphatic carbocycles. The van der Waals surface area contributed by atoms with Crippen molar-refractivity contribution in [1.29, 1.82) is 0 Å². The van der Waals surface area contributed by atoms with Gasteiger partial charge in [0.15, 0.2) is 0 Å². The summed E-state index contributed by atoms with van der Waals surface area (Å²) in [7, 11) is 0. The van der Waals surface area contributed by atoms with Crippen molar-refractivity contribution in [3.05, 3.63) is 65.1 Å². The number of aryl methyl sites for hydroxylation is 1. The lowest BCUT2D eigenvalue weighted by molar-refractivity contribution is 0.133. The molecule has 6 heteroatoms. The summed E-state index contributed by atoms with van der Waals surface area (Å²) >= 11 is 0. The van der Waals surface area contributed by atoms with Gasteiger partial charge in [0, 0.05) is 42.3 Å². The van der Waals surface area contributed by atoms with Crippen LogP contribution in [0.2, 0.25) is 0 Å². The minimum atomic E-state index is -0.103. The second kappa shape index (κ2) is 7.96. The summed E-state index contributed by atoms with van der Waals surface area (Å²) in [4.78, 5) is 18.1. The van der Waals surface area contributed by atoms with Crippen molar-refractivity contribution in [3.63, 3.8) is 0 Å². The highest BCUT2D eigenvalue weighted by Gasteiger charge is 2.17. The lowest BCUT2D eigenvalue weighted by atomic mass is 10.1. The van der Waals surface area contributed by atoms with Crippen LogP contribution in [0.1, 0.15) is 6.92 Å². The summed E-state index contributed by atoms with van der Waals surface area (Å²) in [6.07, 6.45) is 2.03. The number of nitrogens with zero attached hydrogens (tertiary/aromatic N) is 3. The minimum absolute atomic E-state index is 0.103. The maximum absolute atomic E-state index is 13.4. The molecule has 0 fully saturated rings.